The van der Waals surface area contributed by atoms with E-state index < -0.39 is 0 Å². The number of imidazole rings is 1. The molecule has 8 heteroatoms. The van der Waals surface area contributed by atoms with Crippen LogP contribution in [0.4, 0.5) is 0 Å². The van der Waals surface area contributed by atoms with Gasteiger partial charge in [-0.25, -0.2) is 9.67 Å². The van der Waals surface area contributed by atoms with Crippen molar-refractivity contribution in [3.05, 3.63) is 47.3 Å². The number of ether oxygens (including phenoxy) is 1. The molecular weight excluding hydrogens is 342 g/mol. The summed E-state index contributed by atoms with van der Waals surface area (Å²) in [6, 6.07) is 8.00. The number of benzene rings is 1. The minimum absolute atomic E-state index is 0.431. The van der Waals surface area contributed by atoms with E-state index in [0.29, 0.717) is 12.1 Å². The number of aromatic nitrogens is 5. The van der Waals surface area contributed by atoms with Crippen molar-refractivity contribution in [2.24, 2.45) is 0 Å². The molecule has 1 aliphatic heterocycles. The van der Waals surface area contributed by atoms with E-state index in [-0.39, 0.29) is 0 Å². The summed E-state index contributed by atoms with van der Waals surface area (Å²) >= 11 is 0. The summed E-state index contributed by atoms with van der Waals surface area (Å²) < 4.78 is 9.24. The first-order valence-corrected chi connectivity index (χ1v) is 9.01. The average molecular weight is 363 g/mol. The molecule has 0 radical (unpaired) electrons. The quantitative estimate of drug-likeness (QED) is 0.540. The first-order chi connectivity index (χ1) is 13.2. The van der Waals surface area contributed by atoms with Crippen LogP contribution in [0, 0.1) is 11.3 Å². The Balaban J connectivity index is 1.93. The topological polar surface area (TPSA) is 84.8 Å². The molecule has 1 aromatic carbocycles. The molecule has 0 saturated carbocycles. The normalized spacial score (nSPS) is 12.1. The summed E-state index contributed by atoms with van der Waals surface area (Å²) in [5, 5.41) is 18.4. The highest BCUT2D eigenvalue weighted by molar-refractivity contribution is 5.59. The van der Waals surface area contributed by atoms with Crippen molar-refractivity contribution >= 4 is 0 Å². The van der Waals surface area contributed by atoms with Gasteiger partial charge in [0.25, 0.3) is 0 Å². The molecule has 4 rings (SSSR count). The molecule has 0 saturated heterocycles. The standard InChI is InChI=1S/C19H21N7O/c1-4-24(5-2)11-15-18-9-17-14(10-20)21-12-25(17)16-7-6-13(27-3)8-19(16)26(18)23-22-15/h6-8,12H,4-5,9,11H2,1-3H3. The summed E-state index contributed by atoms with van der Waals surface area (Å²) in [4.78, 5) is 6.59. The van der Waals surface area contributed by atoms with Gasteiger partial charge < -0.3 is 4.74 Å². The van der Waals surface area contributed by atoms with E-state index in [2.05, 4.69) is 40.1 Å². The molecule has 0 spiro atoms. The smallest absolute Gasteiger partial charge is 0.162 e. The van der Waals surface area contributed by atoms with E-state index in [1.54, 1.807) is 13.4 Å². The maximum Gasteiger partial charge on any atom is 0.162 e. The second kappa shape index (κ2) is 6.85. The van der Waals surface area contributed by atoms with Crippen molar-refractivity contribution < 1.29 is 4.74 Å². The number of fused-ring (bicyclic) bond motifs is 5. The van der Waals surface area contributed by atoms with Gasteiger partial charge in [0.05, 0.1) is 29.9 Å². The zero-order valence-corrected chi connectivity index (χ0v) is 15.7. The van der Waals surface area contributed by atoms with Crippen LogP contribution in [0.15, 0.2) is 24.5 Å². The fraction of sp³-hybridized carbons (Fsp3) is 0.368. The Morgan fingerprint density at radius 2 is 2.04 bits per heavy atom. The van der Waals surface area contributed by atoms with Gasteiger partial charge in [-0.3, -0.25) is 9.47 Å². The Labute approximate surface area is 157 Å². The monoisotopic (exact) mass is 363 g/mol. The zero-order valence-electron chi connectivity index (χ0n) is 15.7. The molecule has 2 aromatic heterocycles. The number of hydrogen-bond acceptors (Lipinski definition) is 6. The van der Waals surface area contributed by atoms with Gasteiger partial charge >= 0.3 is 0 Å². The number of hydrogen-bond donors (Lipinski definition) is 0. The predicted octanol–water partition coefficient (Wildman–Crippen LogP) is 2.08. The van der Waals surface area contributed by atoms with E-state index in [1.807, 2.05) is 27.4 Å². The highest BCUT2D eigenvalue weighted by atomic mass is 16.5. The van der Waals surface area contributed by atoms with E-state index in [9.17, 15) is 5.26 Å². The summed E-state index contributed by atoms with van der Waals surface area (Å²) in [6.07, 6.45) is 2.24. The lowest BCUT2D eigenvalue weighted by Crippen LogP contribution is -2.23. The summed E-state index contributed by atoms with van der Waals surface area (Å²) in [7, 11) is 1.64. The van der Waals surface area contributed by atoms with E-state index in [4.69, 9.17) is 4.74 Å². The Morgan fingerprint density at radius 3 is 2.74 bits per heavy atom. The molecule has 27 heavy (non-hydrogen) atoms. The highest BCUT2D eigenvalue weighted by Crippen LogP contribution is 2.32. The zero-order chi connectivity index (χ0) is 19.0. The van der Waals surface area contributed by atoms with Crippen molar-refractivity contribution in [3.63, 3.8) is 0 Å². The van der Waals surface area contributed by atoms with Gasteiger partial charge in [0.2, 0.25) is 0 Å². The van der Waals surface area contributed by atoms with Gasteiger partial charge in [0.1, 0.15) is 23.8 Å². The van der Waals surface area contributed by atoms with E-state index in [0.717, 1.165) is 53.8 Å². The molecule has 0 amide bonds. The summed E-state index contributed by atoms with van der Waals surface area (Å²) in [6.45, 7) is 6.87. The fourth-order valence-corrected chi connectivity index (χ4v) is 3.49. The molecule has 3 aromatic rings. The second-order valence-electron chi connectivity index (χ2n) is 6.41. The SMILES string of the molecule is CCN(CC)Cc1nnn2c1Cc1c(C#N)ncn1-c1ccc(OC)cc1-2. The molecule has 0 unspecified atom stereocenters. The van der Waals surface area contributed by atoms with Crippen LogP contribution in [0.5, 0.6) is 5.75 Å². The maximum atomic E-state index is 9.50. The Hall–Kier alpha value is -3.18. The first kappa shape index (κ1) is 17.2. The van der Waals surface area contributed by atoms with Gasteiger partial charge in [-0.2, -0.15) is 5.26 Å². The molecule has 1 aliphatic rings. The average Bonchev–Trinajstić information content (AvgIpc) is 3.26. The Kier molecular flexibility index (Phi) is 4.38. The van der Waals surface area contributed by atoms with Crippen molar-refractivity contribution in [3.8, 4) is 23.2 Å². The minimum Gasteiger partial charge on any atom is -0.497 e. The molecule has 0 bridgehead atoms. The third-order valence-electron chi connectivity index (χ3n) is 5.09. The van der Waals surface area contributed by atoms with Gasteiger partial charge in [-0.1, -0.05) is 19.1 Å². The van der Waals surface area contributed by atoms with Crippen LogP contribution in [-0.4, -0.2) is 49.6 Å². The molecule has 0 N–H and O–H groups in total. The number of rotatable bonds is 5. The largest absolute Gasteiger partial charge is 0.497 e. The van der Waals surface area contributed by atoms with E-state index in [1.165, 1.54) is 0 Å². The van der Waals surface area contributed by atoms with Gasteiger partial charge in [-0.15, -0.1) is 5.10 Å². The van der Waals surface area contributed by atoms with Crippen LogP contribution in [0.2, 0.25) is 0 Å². The van der Waals surface area contributed by atoms with Gasteiger partial charge in [0.15, 0.2) is 5.69 Å². The van der Waals surface area contributed by atoms with Crippen molar-refractivity contribution in [2.75, 3.05) is 20.2 Å². The lowest BCUT2D eigenvalue weighted by atomic mass is 10.1. The molecule has 3 heterocycles. The van der Waals surface area contributed by atoms with Crippen molar-refractivity contribution in [1.29, 1.82) is 5.26 Å². The molecular formula is C19H21N7O. The number of nitriles is 1. The van der Waals surface area contributed by atoms with Crippen LogP contribution < -0.4 is 4.74 Å². The Morgan fingerprint density at radius 1 is 1.22 bits per heavy atom. The van der Waals surface area contributed by atoms with E-state index >= 15 is 0 Å². The lowest BCUT2D eigenvalue weighted by Gasteiger charge is -2.17. The molecule has 0 fully saturated rings. The van der Waals surface area contributed by atoms with Crippen LogP contribution >= 0.6 is 0 Å². The van der Waals surface area contributed by atoms with Gasteiger partial charge in [0, 0.05) is 19.0 Å². The van der Waals surface area contributed by atoms with Gasteiger partial charge in [-0.05, 0) is 25.2 Å². The third kappa shape index (κ3) is 2.76. The summed E-state index contributed by atoms with van der Waals surface area (Å²) in [5.41, 5.74) is 4.95. The number of nitrogens with zero attached hydrogens (tertiary/aromatic N) is 7. The van der Waals surface area contributed by atoms with Crippen molar-refractivity contribution in [1.82, 2.24) is 29.4 Å². The van der Waals surface area contributed by atoms with Crippen LogP contribution in [-0.2, 0) is 13.0 Å². The molecule has 0 atom stereocenters. The Bertz CT molecular complexity index is 1020. The third-order valence-corrected chi connectivity index (χ3v) is 5.09. The number of methoxy groups -OCH3 is 1. The second-order valence-corrected chi connectivity index (χ2v) is 6.41. The fourth-order valence-electron chi connectivity index (χ4n) is 3.49. The van der Waals surface area contributed by atoms with Crippen LogP contribution in [0.3, 0.4) is 0 Å². The van der Waals surface area contributed by atoms with Crippen LogP contribution in [0.1, 0.15) is 36.6 Å². The molecule has 138 valence electrons. The first-order valence-electron chi connectivity index (χ1n) is 9.01. The lowest BCUT2D eigenvalue weighted by molar-refractivity contribution is 0.291. The maximum absolute atomic E-state index is 9.50. The van der Waals surface area contributed by atoms with Crippen molar-refractivity contribution in [2.45, 2.75) is 26.8 Å². The molecule has 8 nitrogen and oxygen atoms in total. The van der Waals surface area contributed by atoms with Crippen LogP contribution in [0.25, 0.3) is 11.4 Å². The highest BCUT2D eigenvalue weighted by Gasteiger charge is 2.27. The summed E-state index contributed by atoms with van der Waals surface area (Å²) in [5.74, 6) is 0.740. The minimum atomic E-state index is 0.431. The molecule has 0 aliphatic carbocycles. The predicted molar refractivity (Wildman–Crippen MR) is 99.2 cm³/mol.